The zero-order chi connectivity index (χ0) is 24.7. The van der Waals surface area contributed by atoms with Crippen molar-refractivity contribution in [2.45, 2.75) is 31.1 Å². The summed E-state index contributed by atoms with van der Waals surface area (Å²) in [4.78, 5) is 15.0. The molecule has 0 spiro atoms. The second-order valence-corrected chi connectivity index (χ2v) is 10.7. The molecule has 1 heterocycles. The van der Waals surface area contributed by atoms with Gasteiger partial charge in [-0.3, -0.25) is 4.72 Å². The van der Waals surface area contributed by atoms with E-state index in [1.165, 1.54) is 0 Å². The largest absolute Gasteiger partial charge is 0.497 e. The first-order valence-electron chi connectivity index (χ1n) is 10.7. The standard InChI is InChI=1S/C26H26N2O5S/c1-26(2,3)17-7-12-20(13-8-17)34(31,32)28-18-9-14-22-21(15-18)23(24(27-22)25(29)30)16-5-10-19(33-4)11-6-16/h5-15,27-28H,1-4H3,(H,29,30). The number of sulfonamides is 1. The van der Waals surface area contributed by atoms with Crippen LogP contribution in [0.5, 0.6) is 5.75 Å². The van der Waals surface area contributed by atoms with Gasteiger partial charge in [-0.05, 0) is 59.0 Å². The molecule has 0 saturated carbocycles. The molecule has 0 bridgehead atoms. The Morgan fingerprint density at radius 2 is 1.62 bits per heavy atom. The molecule has 0 aliphatic carbocycles. The minimum absolute atomic E-state index is 0.0259. The highest BCUT2D eigenvalue weighted by atomic mass is 32.2. The fourth-order valence-corrected chi connectivity index (χ4v) is 4.87. The molecule has 0 amide bonds. The summed E-state index contributed by atoms with van der Waals surface area (Å²) in [5.41, 5.74) is 3.03. The molecular weight excluding hydrogens is 452 g/mol. The minimum Gasteiger partial charge on any atom is -0.497 e. The summed E-state index contributed by atoms with van der Waals surface area (Å²) in [6.45, 7) is 6.19. The Bertz CT molecular complexity index is 1460. The summed E-state index contributed by atoms with van der Waals surface area (Å²) in [5, 5.41) is 10.3. The van der Waals surface area contributed by atoms with E-state index in [2.05, 4.69) is 30.5 Å². The van der Waals surface area contributed by atoms with E-state index >= 15 is 0 Å². The molecule has 0 radical (unpaired) electrons. The van der Waals surface area contributed by atoms with Gasteiger partial charge in [0, 0.05) is 22.2 Å². The molecule has 0 atom stereocenters. The SMILES string of the molecule is COc1ccc(-c2c(C(=O)O)[nH]c3ccc(NS(=O)(=O)c4ccc(C(C)(C)C)cc4)cc23)cc1. The van der Waals surface area contributed by atoms with Crippen LogP contribution in [0.25, 0.3) is 22.0 Å². The summed E-state index contributed by atoms with van der Waals surface area (Å²) in [5.74, 6) is -0.463. The molecule has 0 aliphatic heterocycles. The average molecular weight is 479 g/mol. The first-order chi connectivity index (χ1) is 16.0. The summed E-state index contributed by atoms with van der Waals surface area (Å²) in [7, 11) is -2.28. The van der Waals surface area contributed by atoms with E-state index in [1.54, 1.807) is 61.7 Å². The van der Waals surface area contributed by atoms with E-state index in [1.807, 2.05) is 12.1 Å². The summed E-state index contributed by atoms with van der Waals surface area (Å²) in [6.07, 6.45) is 0. The molecule has 0 fully saturated rings. The number of carboxylic acid groups (broad SMARTS) is 1. The van der Waals surface area contributed by atoms with Gasteiger partial charge >= 0.3 is 5.97 Å². The number of H-pyrrole nitrogens is 1. The lowest BCUT2D eigenvalue weighted by Gasteiger charge is -2.19. The van der Waals surface area contributed by atoms with Crippen LogP contribution < -0.4 is 9.46 Å². The number of fused-ring (bicyclic) bond motifs is 1. The monoisotopic (exact) mass is 478 g/mol. The molecule has 8 heteroatoms. The third-order valence-corrected chi connectivity index (χ3v) is 7.07. The van der Waals surface area contributed by atoms with Gasteiger partial charge < -0.3 is 14.8 Å². The number of anilines is 1. The van der Waals surface area contributed by atoms with Gasteiger partial charge in [0.25, 0.3) is 10.0 Å². The Labute approximate surface area is 198 Å². The molecule has 3 aromatic carbocycles. The van der Waals surface area contributed by atoms with Crippen LogP contribution in [-0.4, -0.2) is 31.6 Å². The Hall–Kier alpha value is -3.78. The Morgan fingerprint density at radius 1 is 0.971 bits per heavy atom. The maximum atomic E-state index is 13.0. The van der Waals surface area contributed by atoms with Crippen molar-refractivity contribution in [1.29, 1.82) is 0 Å². The number of hydrogen-bond acceptors (Lipinski definition) is 4. The smallest absolute Gasteiger partial charge is 0.352 e. The average Bonchev–Trinajstić information content (AvgIpc) is 3.17. The Balaban J connectivity index is 1.75. The maximum absolute atomic E-state index is 13.0. The topological polar surface area (TPSA) is 108 Å². The third kappa shape index (κ3) is 4.49. The second kappa shape index (κ2) is 8.53. The lowest BCUT2D eigenvalue weighted by Crippen LogP contribution is -2.14. The number of carboxylic acids is 1. The first-order valence-corrected chi connectivity index (χ1v) is 12.1. The van der Waals surface area contributed by atoms with Gasteiger partial charge in [0.2, 0.25) is 0 Å². The molecule has 4 aromatic rings. The zero-order valence-corrected chi connectivity index (χ0v) is 20.2. The van der Waals surface area contributed by atoms with Gasteiger partial charge in [-0.1, -0.05) is 45.0 Å². The molecule has 4 rings (SSSR count). The molecular formula is C26H26N2O5S. The number of benzene rings is 3. The number of hydrogen-bond donors (Lipinski definition) is 3. The van der Waals surface area contributed by atoms with Gasteiger partial charge in [-0.25, -0.2) is 13.2 Å². The normalized spacial score (nSPS) is 12.0. The number of ether oxygens (including phenoxy) is 1. The second-order valence-electron chi connectivity index (χ2n) is 9.05. The van der Waals surface area contributed by atoms with Crippen LogP contribution in [0.1, 0.15) is 36.8 Å². The number of aromatic nitrogens is 1. The van der Waals surface area contributed by atoms with Crippen molar-refractivity contribution in [3.8, 4) is 16.9 Å². The Kier molecular flexibility index (Phi) is 5.87. The molecule has 0 unspecified atom stereocenters. The van der Waals surface area contributed by atoms with Crippen molar-refractivity contribution in [2.75, 3.05) is 11.8 Å². The number of nitrogens with one attached hydrogen (secondary N) is 2. The van der Waals surface area contributed by atoms with E-state index in [-0.39, 0.29) is 16.0 Å². The molecule has 1 aromatic heterocycles. The van der Waals surface area contributed by atoms with Crippen LogP contribution in [-0.2, 0) is 15.4 Å². The highest BCUT2D eigenvalue weighted by molar-refractivity contribution is 7.92. The van der Waals surface area contributed by atoms with Crippen molar-refractivity contribution >= 4 is 32.6 Å². The fraction of sp³-hybridized carbons (Fsp3) is 0.192. The highest BCUT2D eigenvalue weighted by Crippen LogP contribution is 2.35. The molecule has 34 heavy (non-hydrogen) atoms. The van der Waals surface area contributed by atoms with Gasteiger partial charge in [0.15, 0.2) is 0 Å². The number of carbonyl (C=O) groups is 1. The zero-order valence-electron chi connectivity index (χ0n) is 19.3. The third-order valence-electron chi connectivity index (χ3n) is 5.67. The summed E-state index contributed by atoms with van der Waals surface area (Å²) < 4.78 is 33.8. The lowest BCUT2D eigenvalue weighted by atomic mass is 9.87. The van der Waals surface area contributed by atoms with Crippen molar-refractivity contribution in [2.24, 2.45) is 0 Å². The molecule has 7 nitrogen and oxygen atoms in total. The number of aromatic amines is 1. The van der Waals surface area contributed by atoms with Crippen molar-refractivity contribution in [3.05, 3.63) is 78.0 Å². The molecule has 176 valence electrons. The van der Waals surface area contributed by atoms with Crippen LogP contribution >= 0.6 is 0 Å². The first kappa shape index (κ1) is 23.4. The number of rotatable bonds is 6. The van der Waals surface area contributed by atoms with E-state index in [0.717, 1.165) is 5.56 Å². The van der Waals surface area contributed by atoms with Crippen LogP contribution in [0.15, 0.2) is 71.6 Å². The Morgan fingerprint density at radius 3 is 2.18 bits per heavy atom. The van der Waals surface area contributed by atoms with Crippen molar-refractivity contribution < 1.29 is 23.1 Å². The van der Waals surface area contributed by atoms with Gasteiger partial charge in [0.1, 0.15) is 11.4 Å². The van der Waals surface area contributed by atoms with E-state index in [9.17, 15) is 18.3 Å². The van der Waals surface area contributed by atoms with E-state index in [4.69, 9.17) is 4.74 Å². The summed E-state index contributed by atoms with van der Waals surface area (Å²) in [6, 6.07) is 18.7. The molecule has 3 N–H and O–H groups in total. The lowest BCUT2D eigenvalue weighted by molar-refractivity contribution is 0.0692. The predicted octanol–water partition coefficient (Wildman–Crippen LogP) is 5.64. The highest BCUT2D eigenvalue weighted by Gasteiger charge is 2.21. The number of methoxy groups -OCH3 is 1. The summed E-state index contributed by atoms with van der Waals surface area (Å²) >= 11 is 0. The van der Waals surface area contributed by atoms with Crippen LogP contribution in [0, 0.1) is 0 Å². The maximum Gasteiger partial charge on any atom is 0.352 e. The van der Waals surface area contributed by atoms with Gasteiger partial charge in [0.05, 0.1) is 12.0 Å². The quantitative estimate of drug-likeness (QED) is 0.332. The van der Waals surface area contributed by atoms with Crippen LogP contribution in [0.2, 0.25) is 0 Å². The minimum atomic E-state index is -3.83. The van der Waals surface area contributed by atoms with E-state index in [0.29, 0.717) is 33.5 Å². The van der Waals surface area contributed by atoms with Gasteiger partial charge in [-0.15, -0.1) is 0 Å². The van der Waals surface area contributed by atoms with Crippen LogP contribution in [0.3, 0.4) is 0 Å². The van der Waals surface area contributed by atoms with Gasteiger partial charge in [-0.2, -0.15) is 0 Å². The fourth-order valence-electron chi connectivity index (χ4n) is 3.82. The molecule has 0 saturated heterocycles. The predicted molar refractivity (Wildman–Crippen MR) is 133 cm³/mol. The number of aromatic carboxylic acids is 1. The van der Waals surface area contributed by atoms with Crippen LogP contribution in [0.4, 0.5) is 5.69 Å². The molecule has 0 aliphatic rings. The van der Waals surface area contributed by atoms with E-state index < -0.39 is 16.0 Å². The van der Waals surface area contributed by atoms with Crippen molar-refractivity contribution in [3.63, 3.8) is 0 Å². The van der Waals surface area contributed by atoms with Crippen molar-refractivity contribution in [1.82, 2.24) is 4.98 Å².